The van der Waals surface area contributed by atoms with Gasteiger partial charge >= 0.3 is 0 Å². The van der Waals surface area contributed by atoms with Gasteiger partial charge in [0.05, 0.1) is 17.4 Å². The predicted octanol–water partition coefficient (Wildman–Crippen LogP) is 5.24. The van der Waals surface area contributed by atoms with Crippen LogP contribution in [0.25, 0.3) is 0 Å². The molecule has 250 valence electrons. The first kappa shape index (κ1) is 35.0. The van der Waals surface area contributed by atoms with Crippen molar-refractivity contribution in [3.05, 3.63) is 173 Å². The van der Waals surface area contributed by atoms with Crippen LogP contribution in [0.2, 0.25) is 5.02 Å². The van der Waals surface area contributed by atoms with Crippen LogP contribution in [0, 0.1) is 0 Å². The Balaban J connectivity index is 1.33. The molecule has 5 rings (SSSR count). The maximum atomic E-state index is 13.9. The summed E-state index contributed by atoms with van der Waals surface area (Å²) in [6.45, 7) is -0.694. The summed E-state index contributed by atoms with van der Waals surface area (Å²) >= 11 is 5.97. The number of rotatable bonds is 13. The van der Waals surface area contributed by atoms with Gasteiger partial charge in [0.15, 0.2) is 0 Å². The minimum absolute atomic E-state index is 0.0401. The van der Waals surface area contributed by atoms with Crippen molar-refractivity contribution < 1.29 is 22.8 Å². The SMILES string of the molecule is O=C(CN(Cc1ccccc1)S(=O)(=O)c1ccc(Cl)cc1)NNC(=O)C(Cc1ccccc1)NC(=O)C(c1ccccc1)c1ccccc1. The third kappa shape index (κ3) is 9.64. The largest absolute Gasteiger partial charge is 0.343 e. The van der Waals surface area contributed by atoms with E-state index < -0.39 is 46.2 Å². The van der Waals surface area contributed by atoms with E-state index >= 15 is 0 Å². The van der Waals surface area contributed by atoms with Gasteiger partial charge in [-0.15, -0.1) is 0 Å². The first-order valence-electron chi connectivity index (χ1n) is 15.5. The van der Waals surface area contributed by atoms with Gasteiger partial charge in [-0.05, 0) is 46.5 Å². The Morgan fingerprint density at radius 3 is 1.63 bits per heavy atom. The summed E-state index contributed by atoms with van der Waals surface area (Å²) in [6, 6.07) is 41.1. The molecule has 1 atom stereocenters. The molecule has 49 heavy (non-hydrogen) atoms. The van der Waals surface area contributed by atoms with E-state index in [0.29, 0.717) is 10.6 Å². The molecule has 5 aromatic carbocycles. The molecular formula is C38H35ClN4O5S. The van der Waals surface area contributed by atoms with Crippen LogP contribution in [0.5, 0.6) is 0 Å². The lowest BCUT2D eigenvalue weighted by Crippen LogP contribution is -2.55. The van der Waals surface area contributed by atoms with E-state index in [0.717, 1.165) is 21.0 Å². The maximum Gasteiger partial charge on any atom is 0.261 e. The van der Waals surface area contributed by atoms with Gasteiger partial charge in [0.2, 0.25) is 15.9 Å². The third-order valence-corrected chi connectivity index (χ3v) is 9.80. The fourth-order valence-electron chi connectivity index (χ4n) is 5.29. The summed E-state index contributed by atoms with van der Waals surface area (Å²) in [5, 5.41) is 3.26. The molecule has 0 aromatic heterocycles. The molecule has 0 saturated heterocycles. The van der Waals surface area contributed by atoms with Gasteiger partial charge < -0.3 is 5.32 Å². The number of hydrogen-bond acceptors (Lipinski definition) is 5. The topological polar surface area (TPSA) is 125 Å². The van der Waals surface area contributed by atoms with Gasteiger partial charge in [0.1, 0.15) is 6.04 Å². The van der Waals surface area contributed by atoms with E-state index in [1.54, 1.807) is 30.3 Å². The maximum absolute atomic E-state index is 13.9. The average molecular weight is 695 g/mol. The number of benzene rings is 5. The summed E-state index contributed by atoms with van der Waals surface area (Å²) in [5.41, 5.74) is 7.69. The summed E-state index contributed by atoms with van der Waals surface area (Å²) in [4.78, 5) is 40.7. The van der Waals surface area contributed by atoms with Gasteiger partial charge in [0.25, 0.3) is 11.8 Å². The average Bonchev–Trinajstić information content (AvgIpc) is 3.12. The molecule has 0 heterocycles. The number of sulfonamides is 1. The molecule has 0 fully saturated rings. The molecule has 0 aliphatic heterocycles. The van der Waals surface area contributed by atoms with Crippen LogP contribution in [0.1, 0.15) is 28.2 Å². The molecule has 9 nitrogen and oxygen atoms in total. The Labute approximate surface area is 291 Å². The first-order chi connectivity index (χ1) is 23.7. The van der Waals surface area contributed by atoms with Crippen LogP contribution >= 0.6 is 11.6 Å². The normalized spacial score (nSPS) is 11.9. The lowest BCUT2D eigenvalue weighted by molar-refractivity contribution is -0.132. The van der Waals surface area contributed by atoms with Crippen LogP contribution in [-0.4, -0.2) is 43.0 Å². The molecule has 3 N–H and O–H groups in total. The minimum atomic E-state index is -4.14. The number of hydrogen-bond donors (Lipinski definition) is 3. The van der Waals surface area contributed by atoms with Gasteiger partial charge in [-0.2, -0.15) is 4.31 Å². The highest BCUT2D eigenvalue weighted by Gasteiger charge is 2.30. The second-order valence-electron chi connectivity index (χ2n) is 11.3. The highest BCUT2D eigenvalue weighted by Crippen LogP contribution is 2.25. The number of nitrogens with zero attached hydrogens (tertiary/aromatic N) is 1. The molecule has 0 bridgehead atoms. The van der Waals surface area contributed by atoms with E-state index in [1.165, 1.54) is 24.3 Å². The van der Waals surface area contributed by atoms with Gasteiger partial charge in [0, 0.05) is 18.0 Å². The second kappa shape index (κ2) is 16.7. The van der Waals surface area contributed by atoms with Crippen LogP contribution in [0.3, 0.4) is 0 Å². The Morgan fingerprint density at radius 2 is 1.10 bits per heavy atom. The quantitative estimate of drug-likeness (QED) is 0.146. The summed E-state index contributed by atoms with van der Waals surface area (Å²) in [5.74, 6) is -2.56. The zero-order chi connectivity index (χ0) is 34.6. The van der Waals surface area contributed by atoms with Crippen molar-refractivity contribution in [2.45, 2.75) is 29.8 Å². The Kier molecular flexibility index (Phi) is 11.9. The Morgan fingerprint density at radius 1 is 0.612 bits per heavy atom. The number of amides is 3. The molecule has 0 aliphatic rings. The highest BCUT2D eigenvalue weighted by molar-refractivity contribution is 7.89. The third-order valence-electron chi connectivity index (χ3n) is 7.74. The Hall–Kier alpha value is -5.29. The van der Waals surface area contributed by atoms with Gasteiger partial charge in [-0.25, -0.2) is 8.42 Å². The monoisotopic (exact) mass is 694 g/mol. The first-order valence-corrected chi connectivity index (χ1v) is 17.3. The van der Waals surface area contributed by atoms with Gasteiger partial charge in [-0.3, -0.25) is 25.2 Å². The van der Waals surface area contributed by atoms with E-state index in [4.69, 9.17) is 11.6 Å². The van der Waals surface area contributed by atoms with Crippen molar-refractivity contribution in [2.24, 2.45) is 0 Å². The van der Waals surface area contributed by atoms with E-state index in [-0.39, 0.29) is 17.9 Å². The lowest BCUT2D eigenvalue weighted by Gasteiger charge is -2.24. The van der Waals surface area contributed by atoms with Gasteiger partial charge in [-0.1, -0.05) is 133 Å². The molecular weight excluding hydrogens is 660 g/mol. The van der Waals surface area contributed by atoms with Crippen LogP contribution < -0.4 is 16.2 Å². The van der Waals surface area contributed by atoms with Crippen molar-refractivity contribution in [2.75, 3.05) is 6.54 Å². The predicted molar refractivity (Wildman–Crippen MR) is 189 cm³/mol. The van der Waals surface area contributed by atoms with E-state index in [9.17, 15) is 22.8 Å². The summed E-state index contributed by atoms with van der Waals surface area (Å²) in [7, 11) is -4.14. The lowest BCUT2D eigenvalue weighted by atomic mass is 9.90. The van der Waals surface area contributed by atoms with Crippen molar-refractivity contribution in [3.8, 4) is 0 Å². The molecule has 3 amide bonds. The van der Waals surface area contributed by atoms with Crippen molar-refractivity contribution >= 4 is 39.3 Å². The van der Waals surface area contributed by atoms with Crippen molar-refractivity contribution in [1.29, 1.82) is 0 Å². The zero-order valence-corrected chi connectivity index (χ0v) is 28.0. The fraction of sp³-hybridized carbons (Fsp3) is 0.132. The molecule has 0 spiro atoms. The molecule has 0 aliphatic carbocycles. The Bertz CT molecular complexity index is 1910. The van der Waals surface area contributed by atoms with E-state index in [1.807, 2.05) is 91.0 Å². The van der Waals surface area contributed by atoms with Crippen molar-refractivity contribution in [1.82, 2.24) is 20.5 Å². The van der Waals surface area contributed by atoms with Crippen LogP contribution in [-0.2, 0) is 37.4 Å². The smallest absolute Gasteiger partial charge is 0.261 e. The number of halogens is 1. The van der Waals surface area contributed by atoms with E-state index in [2.05, 4.69) is 16.2 Å². The molecule has 0 radical (unpaired) electrons. The summed E-state index contributed by atoms with van der Waals surface area (Å²) in [6.07, 6.45) is 0.135. The van der Waals surface area contributed by atoms with Crippen LogP contribution in [0.4, 0.5) is 0 Å². The number of carbonyl (C=O) groups excluding carboxylic acids is 3. The molecule has 11 heteroatoms. The molecule has 1 unspecified atom stereocenters. The molecule has 5 aromatic rings. The van der Waals surface area contributed by atoms with Crippen molar-refractivity contribution in [3.63, 3.8) is 0 Å². The van der Waals surface area contributed by atoms with Crippen LogP contribution in [0.15, 0.2) is 150 Å². The standard InChI is InChI=1S/C38H35ClN4O5S/c39-32-21-23-33(24-22-32)49(47,48)43(26-29-15-7-2-8-16-29)27-35(44)41-42-37(45)34(25-28-13-5-1-6-14-28)40-38(46)36(30-17-9-3-10-18-30)31-19-11-4-12-20-31/h1-24,34,36H,25-27H2,(H,40,46)(H,41,44)(H,42,45). The second-order valence-corrected chi connectivity index (χ2v) is 13.6. The zero-order valence-electron chi connectivity index (χ0n) is 26.4. The summed E-state index contributed by atoms with van der Waals surface area (Å²) < 4.78 is 28.3. The molecule has 0 saturated carbocycles. The minimum Gasteiger partial charge on any atom is -0.343 e. The highest BCUT2D eigenvalue weighted by atomic mass is 35.5. The number of carbonyl (C=O) groups is 3. The fourth-order valence-corrected chi connectivity index (χ4v) is 6.80. The number of hydrazine groups is 1. The number of nitrogens with one attached hydrogen (secondary N) is 3.